The Morgan fingerprint density at radius 2 is 1.90 bits per heavy atom. The average Bonchev–Trinajstić information content (AvgIpc) is 3.06. The molecular formula is C19H21BrN6OS2. The number of rotatable bonds is 8. The van der Waals surface area contributed by atoms with Crippen molar-refractivity contribution in [3.05, 3.63) is 52.0 Å². The molecule has 29 heavy (non-hydrogen) atoms. The average molecular weight is 493 g/mol. The Hall–Kier alpha value is -1.91. The van der Waals surface area contributed by atoms with Crippen LogP contribution in [0.15, 0.2) is 45.1 Å². The minimum atomic E-state index is -0.0849. The molecule has 0 aliphatic carbocycles. The lowest BCUT2D eigenvalue weighted by Gasteiger charge is -2.08. The monoisotopic (exact) mass is 492 g/mol. The van der Waals surface area contributed by atoms with E-state index in [-0.39, 0.29) is 11.7 Å². The predicted molar refractivity (Wildman–Crippen MR) is 120 cm³/mol. The highest BCUT2D eigenvalue weighted by atomic mass is 79.9. The van der Waals surface area contributed by atoms with Crippen molar-refractivity contribution >= 4 is 51.0 Å². The van der Waals surface area contributed by atoms with Gasteiger partial charge >= 0.3 is 0 Å². The Morgan fingerprint density at radius 3 is 2.59 bits per heavy atom. The van der Waals surface area contributed by atoms with E-state index in [1.165, 1.54) is 23.5 Å². The molecule has 1 aromatic carbocycles. The van der Waals surface area contributed by atoms with Crippen molar-refractivity contribution in [1.29, 1.82) is 0 Å². The summed E-state index contributed by atoms with van der Waals surface area (Å²) in [4.78, 5) is 21.2. The van der Waals surface area contributed by atoms with Gasteiger partial charge in [-0.2, -0.15) is 0 Å². The van der Waals surface area contributed by atoms with Crippen LogP contribution in [-0.2, 0) is 17.1 Å². The maximum absolute atomic E-state index is 12.3. The van der Waals surface area contributed by atoms with Gasteiger partial charge in [-0.15, -0.1) is 10.2 Å². The molecule has 3 rings (SSSR count). The van der Waals surface area contributed by atoms with E-state index in [0.29, 0.717) is 5.75 Å². The molecule has 0 saturated heterocycles. The Morgan fingerprint density at radius 1 is 1.14 bits per heavy atom. The first kappa shape index (κ1) is 21.8. The minimum absolute atomic E-state index is 0.0849. The fourth-order valence-corrected chi connectivity index (χ4v) is 4.74. The normalized spacial score (nSPS) is 10.9. The van der Waals surface area contributed by atoms with Crippen molar-refractivity contribution in [2.45, 2.75) is 43.4 Å². The highest BCUT2D eigenvalue weighted by Crippen LogP contribution is 2.23. The van der Waals surface area contributed by atoms with E-state index in [1.54, 1.807) is 0 Å². The summed E-state index contributed by atoms with van der Waals surface area (Å²) in [5.41, 5.74) is 2.65. The molecule has 3 aromatic rings. The third-order valence-electron chi connectivity index (χ3n) is 3.84. The number of benzene rings is 1. The van der Waals surface area contributed by atoms with Crippen LogP contribution in [0.2, 0.25) is 0 Å². The van der Waals surface area contributed by atoms with Crippen molar-refractivity contribution in [2.24, 2.45) is 0 Å². The highest BCUT2D eigenvalue weighted by molar-refractivity contribution is 9.10. The molecule has 0 aliphatic heterocycles. The Labute approximate surface area is 186 Å². The second kappa shape index (κ2) is 10.2. The third kappa shape index (κ3) is 6.28. The van der Waals surface area contributed by atoms with Gasteiger partial charge in [0, 0.05) is 28.1 Å². The quantitative estimate of drug-likeness (QED) is 0.366. The van der Waals surface area contributed by atoms with Crippen LogP contribution in [0.3, 0.4) is 0 Å². The van der Waals surface area contributed by atoms with Crippen LogP contribution in [0.5, 0.6) is 0 Å². The van der Waals surface area contributed by atoms with E-state index in [1.807, 2.05) is 55.7 Å². The van der Waals surface area contributed by atoms with Gasteiger partial charge in [0.1, 0.15) is 5.82 Å². The van der Waals surface area contributed by atoms with E-state index in [4.69, 9.17) is 0 Å². The molecule has 0 spiro atoms. The van der Waals surface area contributed by atoms with Crippen LogP contribution in [-0.4, -0.2) is 36.4 Å². The van der Waals surface area contributed by atoms with Gasteiger partial charge < -0.3 is 9.88 Å². The Kier molecular flexibility index (Phi) is 7.68. The zero-order valence-electron chi connectivity index (χ0n) is 16.3. The summed E-state index contributed by atoms with van der Waals surface area (Å²) in [5.74, 6) is 1.64. The molecule has 0 fully saturated rings. The van der Waals surface area contributed by atoms with E-state index in [0.717, 1.165) is 44.2 Å². The number of aromatic nitrogens is 5. The van der Waals surface area contributed by atoms with Crippen LogP contribution < -0.4 is 5.32 Å². The van der Waals surface area contributed by atoms with Crippen molar-refractivity contribution in [3.8, 4) is 0 Å². The number of carbonyl (C=O) groups is 1. The summed E-state index contributed by atoms with van der Waals surface area (Å²) in [6, 6.07) is 9.46. The second-order valence-corrected chi connectivity index (χ2v) is 9.01. The van der Waals surface area contributed by atoms with Crippen molar-refractivity contribution in [3.63, 3.8) is 0 Å². The van der Waals surface area contributed by atoms with Crippen LogP contribution in [0.4, 0.5) is 5.69 Å². The SMILES string of the molecule is CCn1c(CSc2nc(C)cc(C)n2)nnc1SCC(=O)Nc1cccc(Br)c1. The van der Waals surface area contributed by atoms with Crippen molar-refractivity contribution < 1.29 is 4.79 Å². The molecule has 1 amide bonds. The number of anilines is 1. The second-order valence-electron chi connectivity index (χ2n) is 6.21. The van der Waals surface area contributed by atoms with Crippen LogP contribution in [0, 0.1) is 13.8 Å². The number of carbonyl (C=O) groups excluding carboxylic acids is 1. The van der Waals surface area contributed by atoms with Gasteiger partial charge in [-0.1, -0.05) is 45.5 Å². The molecule has 0 radical (unpaired) electrons. The van der Waals surface area contributed by atoms with Crippen molar-refractivity contribution in [1.82, 2.24) is 24.7 Å². The van der Waals surface area contributed by atoms with Gasteiger partial charge in [0.15, 0.2) is 10.3 Å². The lowest BCUT2D eigenvalue weighted by Crippen LogP contribution is -2.14. The number of nitrogens with one attached hydrogen (secondary N) is 1. The molecular weight excluding hydrogens is 472 g/mol. The zero-order valence-corrected chi connectivity index (χ0v) is 19.6. The zero-order chi connectivity index (χ0) is 20.8. The van der Waals surface area contributed by atoms with Crippen molar-refractivity contribution in [2.75, 3.05) is 11.1 Å². The lowest BCUT2D eigenvalue weighted by atomic mass is 10.3. The number of hydrogen-bond donors (Lipinski definition) is 1. The first-order valence-electron chi connectivity index (χ1n) is 9.00. The number of halogens is 1. The van der Waals surface area contributed by atoms with Gasteiger partial charge in [0.05, 0.1) is 11.5 Å². The molecule has 0 saturated carbocycles. The standard InChI is InChI=1S/C19H21BrN6OS2/c1-4-26-16(10-28-18-21-12(2)8-13(3)22-18)24-25-19(26)29-11-17(27)23-15-7-5-6-14(20)9-15/h5-9H,4,10-11H2,1-3H3,(H,23,27). The third-order valence-corrected chi connectivity index (χ3v) is 6.15. The molecule has 0 aliphatic rings. The van der Waals surface area contributed by atoms with Crippen LogP contribution >= 0.6 is 39.5 Å². The van der Waals surface area contributed by atoms with Gasteiger partial charge in [-0.25, -0.2) is 9.97 Å². The number of nitrogens with zero attached hydrogens (tertiary/aromatic N) is 5. The van der Waals surface area contributed by atoms with Gasteiger partial charge in [-0.05, 0) is 45.0 Å². The number of thioether (sulfide) groups is 2. The summed E-state index contributed by atoms with van der Waals surface area (Å²) in [6.45, 7) is 6.69. The molecule has 152 valence electrons. The Bertz CT molecular complexity index is 990. The molecule has 2 heterocycles. The molecule has 2 aromatic heterocycles. The van der Waals surface area contributed by atoms with Crippen LogP contribution in [0.1, 0.15) is 24.1 Å². The fraction of sp³-hybridized carbons (Fsp3) is 0.316. The first-order valence-corrected chi connectivity index (χ1v) is 11.8. The van der Waals surface area contributed by atoms with Gasteiger partial charge in [-0.3, -0.25) is 4.79 Å². The predicted octanol–water partition coefficient (Wildman–Crippen LogP) is 4.49. The molecule has 0 unspecified atom stereocenters. The van der Waals surface area contributed by atoms with E-state index < -0.39 is 0 Å². The fourth-order valence-electron chi connectivity index (χ4n) is 2.63. The van der Waals surface area contributed by atoms with E-state index in [2.05, 4.69) is 41.4 Å². The largest absolute Gasteiger partial charge is 0.325 e. The molecule has 0 bridgehead atoms. The molecule has 1 N–H and O–H groups in total. The summed E-state index contributed by atoms with van der Waals surface area (Å²) in [5, 5.41) is 12.9. The number of hydrogen-bond acceptors (Lipinski definition) is 7. The minimum Gasteiger partial charge on any atom is -0.325 e. The summed E-state index contributed by atoms with van der Waals surface area (Å²) in [7, 11) is 0. The maximum Gasteiger partial charge on any atom is 0.234 e. The maximum atomic E-state index is 12.3. The van der Waals surface area contributed by atoms with Gasteiger partial charge in [0.25, 0.3) is 0 Å². The highest BCUT2D eigenvalue weighted by Gasteiger charge is 2.14. The summed E-state index contributed by atoms with van der Waals surface area (Å²) < 4.78 is 2.94. The first-order chi connectivity index (χ1) is 13.9. The Balaban J connectivity index is 1.59. The number of aryl methyl sites for hydroxylation is 2. The van der Waals surface area contributed by atoms with E-state index >= 15 is 0 Å². The molecule has 10 heteroatoms. The van der Waals surface area contributed by atoms with E-state index in [9.17, 15) is 4.79 Å². The lowest BCUT2D eigenvalue weighted by molar-refractivity contribution is -0.113. The van der Waals surface area contributed by atoms with Crippen LogP contribution in [0.25, 0.3) is 0 Å². The number of amides is 1. The molecule has 0 atom stereocenters. The van der Waals surface area contributed by atoms with Gasteiger partial charge in [0.2, 0.25) is 5.91 Å². The summed E-state index contributed by atoms with van der Waals surface area (Å²) >= 11 is 6.31. The smallest absolute Gasteiger partial charge is 0.234 e. The summed E-state index contributed by atoms with van der Waals surface area (Å²) in [6.07, 6.45) is 0. The molecule has 7 nitrogen and oxygen atoms in total. The topological polar surface area (TPSA) is 85.6 Å².